The molecule has 18 heavy (non-hydrogen) atoms. The Morgan fingerprint density at radius 2 is 2.17 bits per heavy atom. The number of hydrogen-bond acceptors (Lipinski definition) is 4. The van der Waals surface area contributed by atoms with Crippen molar-refractivity contribution in [1.82, 2.24) is 0 Å². The number of methoxy groups -OCH3 is 1. The van der Waals surface area contributed by atoms with Crippen molar-refractivity contribution in [2.45, 2.75) is 25.0 Å². The van der Waals surface area contributed by atoms with Crippen molar-refractivity contribution in [2.24, 2.45) is 0 Å². The first-order valence-electron chi connectivity index (χ1n) is 5.48. The molecule has 0 saturated heterocycles. The van der Waals surface area contributed by atoms with Crippen LogP contribution in [-0.2, 0) is 4.79 Å². The average molecular weight is 256 g/mol. The summed E-state index contributed by atoms with van der Waals surface area (Å²) < 4.78 is 23.8. The van der Waals surface area contributed by atoms with Crippen LogP contribution in [0.3, 0.4) is 0 Å². The van der Waals surface area contributed by atoms with Gasteiger partial charge in [-0.1, -0.05) is 0 Å². The van der Waals surface area contributed by atoms with Gasteiger partial charge in [-0.25, -0.2) is 9.18 Å². The van der Waals surface area contributed by atoms with Crippen molar-refractivity contribution in [1.29, 1.82) is 0 Å². The van der Waals surface area contributed by atoms with Gasteiger partial charge in [-0.15, -0.1) is 0 Å². The molecule has 2 N–H and O–H groups in total. The SMILES string of the molecule is COc1cc(F)cc(C(O)C(=O)O)c1OC1CC1. The number of aliphatic hydroxyl groups excluding tert-OH is 1. The summed E-state index contributed by atoms with van der Waals surface area (Å²) in [6.07, 6.45) is -0.167. The highest BCUT2D eigenvalue weighted by atomic mass is 19.1. The molecule has 5 nitrogen and oxygen atoms in total. The van der Waals surface area contributed by atoms with Gasteiger partial charge in [-0.2, -0.15) is 0 Å². The molecular weight excluding hydrogens is 243 g/mol. The molecule has 0 bridgehead atoms. The number of carboxylic acids is 1. The van der Waals surface area contributed by atoms with E-state index < -0.39 is 17.9 Å². The predicted molar refractivity (Wildman–Crippen MR) is 59.2 cm³/mol. The van der Waals surface area contributed by atoms with Gasteiger partial charge >= 0.3 is 5.97 Å². The van der Waals surface area contributed by atoms with Crippen molar-refractivity contribution in [2.75, 3.05) is 7.11 Å². The van der Waals surface area contributed by atoms with Crippen LogP contribution in [0.2, 0.25) is 0 Å². The molecule has 6 heteroatoms. The van der Waals surface area contributed by atoms with E-state index in [0.29, 0.717) is 0 Å². The largest absolute Gasteiger partial charge is 0.493 e. The normalized spacial score (nSPS) is 16.2. The third-order valence-corrected chi connectivity index (χ3v) is 2.61. The van der Waals surface area contributed by atoms with Gasteiger partial charge in [0.25, 0.3) is 0 Å². The van der Waals surface area contributed by atoms with Gasteiger partial charge < -0.3 is 19.7 Å². The van der Waals surface area contributed by atoms with Gasteiger partial charge in [0.15, 0.2) is 17.6 Å². The standard InChI is InChI=1S/C12H13FO5/c1-17-9-5-6(13)4-8(10(14)12(15)16)11(9)18-7-2-3-7/h4-5,7,10,14H,2-3H2,1H3,(H,15,16). The maximum atomic E-state index is 13.3. The molecule has 1 fully saturated rings. The summed E-state index contributed by atoms with van der Waals surface area (Å²) in [5.41, 5.74) is -0.133. The summed E-state index contributed by atoms with van der Waals surface area (Å²) in [5, 5.41) is 18.3. The number of halogens is 1. The van der Waals surface area contributed by atoms with E-state index in [0.717, 1.165) is 25.0 Å². The number of hydrogen-bond donors (Lipinski definition) is 2. The lowest BCUT2D eigenvalue weighted by Gasteiger charge is -2.16. The highest BCUT2D eigenvalue weighted by Gasteiger charge is 2.30. The second-order valence-electron chi connectivity index (χ2n) is 4.08. The van der Waals surface area contributed by atoms with Gasteiger partial charge in [-0.05, 0) is 18.9 Å². The van der Waals surface area contributed by atoms with Gasteiger partial charge in [-0.3, -0.25) is 0 Å². The quantitative estimate of drug-likeness (QED) is 0.834. The first-order valence-corrected chi connectivity index (χ1v) is 5.48. The molecule has 0 heterocycles. The van der Waals surface area contributed by atoms with Crippen LogP contribution < -0.4 is 9.47 Å². The molecule has 1 aliphatic rings. The van der Waals surface area contributed by atoms with Crippen LogP contribution in [-0.4, -0.2) is 29.4 Å². The molecule has 0 amide bonds. The summed E-state index contributed by atoms with van der Waals surface area (Å²) >= 11 is 0. The summed E-state index contributed by atoms with van der Waals surface area (Å²) in [6.45, 7) is 0. The topological polar surface area (TPSA) is 76.0 Å². The van der Waals surface area contributed by atoms with Crippen LogP contribution in [0.25, 0.3) is 0 Å². The van der Waals surface area contributed by atoms with E-state index in [-0.39, 0.29) is 23.2 Å². The minimum Gasteiger partial charge on any atom is -0.493 e. The van der Waals surface area contributed by atoms with Crippen molar-refractivity contribution < 1.29 is 28.9 Å². The van der Waals surface area contributed by atoms with Gasteiger partial charge in [0, 0.05) is 11.6 Å². The Morgan fingerprint density at radius 3 is 2.67 bits per heavy atom. The van der Waals surface area contributed by atoms with Gasteiger partial charge in [0.05, 0.1) is 13.2 Å². The van der Waals surface area contributed by atoms with Crippen LogP contribution in [0.4, 0.5) is 4.39 Å². The second kappa shape index (κ2) is 4.81. The zero-order chi connectivity index (χ0) is 13.3. The van der Waals surface area contributed by atoms with Crippen LogP contribution in [0.1, 0.15) is 24.5 Å². The minimum absolute atomic E-state index is 0.0240. The van der Waals surface area contributed by atoms with Crippen LogP contribution >= 0.6 is 0 Å². The zero-order valence-electron chi connectivity index (χ0n) is 9.72. The first kappa shape index (κ1) is 12.6. The average Bonchev–Trinajstić information content (AvgIpc) is 3.13. The van der Waals surface area contributed by atoms with E-state index >= 15 is 0 Å². The number of rotatable bonds is 5. The van der Waals surface area contributed by atoms with Gasteiger partial charge in [0.2, 0.25) is 0 Å². The molecule has 0 spiro atoms. The molecule has 0 aromatic heterocycles. The van der Waals surface area contributed by atoms with Crippen molar-refractivity contribution in [3.63, 3.8) is 0 Å². The lowest BCUT2D eigenvalue weighted by Crippen LogP contribution is -2.14. The number of carbonyl (C=O) groups is 1. The Bertz CT molecular complexity index is 470. The molecule has 0 radical (unpaired) electrons. The van der Waals surface area contributed by atoms with E-state index in [1.165, 1.54) is 7.11 Å². The maximum absolute atomic E-state index is 13.3. The summed E-state index contributed by atoms with van der Waals surface area (Å²) in [6, 6.07) is 2.04. The van der Waals surface area contributed by atoms with Crippen LogP contribution in [0.5, 0.6) is 11.5 Å². The zero-order valence-corrected chi connectivity index (χ0v) is 9.72. The fourth-order valence-electron chi connectivity index (χ4n) is 1.56. The summed E-state index contributed by atoms with van der Waals surface area (Å²) in [4.78, 5) is 10.8. The lowest BCUT2D eigenvalue weighted by atomic mass is 10.1. The third kappa shape index (κ3) is 2.53. The molecule has 1 saturated carbocycles. The maximum Gasteiger partial charge on any atom is 0.337 e. The Labute approximate surface area is 103 Å². The third-order valence-electron chi connectivity index (χ3n) is 2.61. The van der Waals surface area contributed by atoms with E-state index in [4.69, 9.17) is 14.6 Å². The summed E-state index contributed by atoms with van der Waals surface area (Å²) in [7, 11) is 1.32. The predicted octanol–water partition coefficient (Wildman–Crippen LogP) is 1.49. The molecule has 1 unspecified atom stereocenters. The van der Waals surface area contributed by atoms with Gasteiger partial charge in [0.1, 0.15) is 5.82 Å². The molecule has 1 aromatic carbocycles. The fraction of sp³-hybridized carbons (Fsp3) is 0.417. The van der Waals surface area contributed by atoms with Crippen molar-refractivity contribution in [3.8, 4) is 11.5 Å². The number of aliphatic carboxylic acids is 1. The lowest BCUT2D eigenvalue weighted by molar-refractivity contribution is -0.147. The Morgan fingerprint density at radius 1 is 1.50 bits per heavy atom. The van der Waals surface area contributed by atoms with E-state index in [9.17, 15) is 14.3 Å². The molecule has 0 aliphatic heterocycles. The Balaban J connectivity index is 2.45. The molecule has 1 atom stereocenters. The summed E-state index contributed by atoms with van der Waals surface area (Å²) in [5.74, 6) is -1.98. The second-order valence-corrected chi connectivity index (χ2v) is 4.08. The van der Waals surface area contributed by atoms with Crippen LogP contribution in [0, 0.1) is 5.82 Å². The molecule has 98 valence electrons. The monoisotopic (exact) mass is 256 g/mol. The number of benzene rings is 1. The van der Waals surface area contributed by atoms with E-state index in [1.54, 1.807) is 0 Å². The molecular formula is C12H13FO5. The highest BCUT2D eigenvalue weighted by molar-refractivity contribution is 5.76. The fourth-order valence-corrected chi connectivity index (χ4v) is 1.56. The molecule has 1 aromatic rings. The number of ether oxygens (including phenoxy) is 2. The van der Waals surface area contributed by atoms with E-state index in [1.807, 2.05) is 0 Å². The Kier molecular flexibility index (Phi) is 3.38. The minimum atomic E-state index is -1.84. The van der Waals surface area contributed by atoms with E-state index in [2.05, 4.69) is 0 Å². The van der Waals surface area contributed by atoms with Crippen molar-refractivity contribution >= 4 is 5.97 Å². The highest BCUT2D eigenvalue weighted by Crippen LogP contribution is 2.39. The number of aliphatic hydroxyl groups is 1. The van der Waals surface area contributed by atoms with Crippen LogP contribution in [0.15, 0.2) is 12.1 Å². The number of carboxylic acid groups (broad SMARTS) is 1. The van der Waals surface area contributed by atoms with Crippen molar-refractivity contribution in [3.05, 3.63) is 23.5 Å². The molecule has 1 aliphatic carbocycles. The molecule has 2 rings (SSSR count). The Hall–Kier alpha value is -1.82. The smallest absolute Gasteiger partial charge is 0.337 e. The first-order chi connectivity index (χ1) is 8.52.